The van der Waals surface area contributed by atoms with E-state index in [1.807, 2.05) is 66.8 Å². The van der Waals surface area contributed by atoms with Gasteiger partial charge in [0.1, 0.15) is 5.75 Å². The van der Waals surface area contributed by atoms with E-state index in [9.17, 15) is 9.59 Å². The van der Waals surface area contributed by atoms with Crippen LogP contribution >= 0.6 is 23.5 Å². The number of thioether (sulfide) groups is 2. The Morgan fingerprint density at radius 1 is 1.00 bits per heavy atom. The van der Waals surface area contributed by atoms with E-state index in [1.165, 1.54) is 17.1 Å². The fourth-order valence-corrected chi connectivity index (χ4v) is 5.22. The molecule has 0 atom stereocenters. The van der Waals surface area contributed by atoms with Gasteiger partial charge >= 0.3 is 0 Å². The molecule has 2 amide bonds. The molecule has 0 saturated carbocycles. The highest BCUT2D eigenvalue weighted by molar-refractivity contribution is 8.19. The predicted molar refractivity (Wildman–Crippen MR) is 106 cm³/mol. The molecule has 3 rings (SSSR count). The number of nitrogens with one attached hydrogen (secondary N) is 2. The molecule has 0 aliphatic carbocycles. The highest BCUT2D eigenvalue weighted by Crippen LogP contribution is 2.45. The van der Waals surface area contributed by atoms with Gasteiger partial charge in [0, 0.05) is 17.1 Å². The van der Waals surface area contributed by atoms with Crippen LogP contribution in [0.25, 0.3) is 0 Å². The van der Waals surface area contributed by atoms with Gasteiger partial charge in [0.2, 0.25) is 0 Å². The van der Waals surface area contributed by atoms with Crippen LogP contribution in [0.15, 0.2) is 48.5 Å². The zero-order valence-corrected chi connectivity index (χ0v) is 16.0. The average molecular weight is 389 g/mol. The molecular weight excluding hydrogens is 368 g/mol. The summed E-state index contributed by atoms with van der Waals surface area (Å²) in [5, 5.41) is 0. The van der Waals surface area contributed by atoms with Crippen LogP contribution in [-0.2, 0) is 4.79 Å². The van der Waals surface area contributed by atoms with E-state index in [0.29, 0.717) is 15.9 Å². The van der Waals surface area contributed by atoms with Gasteiger partial charge in [-0.15, -0.1) is 23.5 Å². The summed E-state index contributed by atoms with van der Waals surface area (Å²) >= 11 is 3.89. The van der Waals surface area contributed by atoms with Crippen molar-refractivity contribution in [2.75, 3.05) is 18.1 Å². The van der Waals surface area contributed by atoms with Crippen molar-refractivity contribution < 1.29 is 14.3 Å². The third-order valence-corrected chi connectivity index (χ3v) is 6.88. The lowest BCUT2D eigenvalue weighted by Crippen LogP contribution is -2.43. The summed E-state index contributed by atoms with van der Waals surface area (Å²) < 4.78 is 5.95. The zero-order chi connectivity index (χ0) is 18.4. The number of amides is 2. The van der Waals surface area contributed by atoms with Gasteiger partial charge < -0.3 is 4.74 Å². The Kier molecular flexibility index (Phi) is 6.46. The molecule has 1 aliphatic rings. The molecule has 0 unspecified atom stereocenters. The second-order valence-electron chi connectivity index (χ2n) is 5.80. The molecule has 136 valence electrons. The molecule has 0 bridgehead atoms. The minimum Gasteiger partial charge on any atom is -0.484 e. The van der Waals surface area contributed by atoms with Gasteiger partial charge in [-0.3, -0.25) is 20.4 Å². The molecule has 5 nitrogen and oxygen atoms in total. The highest BCUT2D eigenvalue weighted by Gasteiger charge is 2.18. The fourth-order valence-electron chi connectivity index (χ4n) is 2.36. The van der Waals surface area contributed by atoms with Gasteiger partial charge in [-0.1, -0.05) is 29.8 Å². The molecule has 26 heavy (non-hydrogen) atoms. The van der Waals surface area contributed by atoms with Gasteiger partial charge in [-0.25, -0.2) is 0 Å². The summed E-state index contributed by atoms with van der Waals surface area (Å²) in [4.78, 5) is 23.8. The lowest BCUT2D eigenvalue weighted by Gasteiger charge is -2.11. The minimum absolute atomic E-state index is 0.166. The van der Waals surface area contributed by atoms with Crippen LogP contribution in [0.1, 0.15) is 26.1 Å². The van der Waals surface area contributed by atoms with Crippen molar-refractivity contribution in [1.82, 2.24) is 10.9 Å². The molecule has 1 heterocycles. The Hall–Kier alpha value is -2.12. The first-order chi connectivity index (χ1) is 12.6. The molecule has 2 N–H and O–H groups in total. The molecule has 1 fully saturated rings. The number of rotatable bonds is 5. The number of ether oxygens (including phenoxy) is 1. The molecule has 0 aromatic heterocycles. The largest absolute Gasteiger partial charge is 0.484 e. The molecular formula is C19H20N2O3S2. The van der Waals surface area contributed by atoms with Crippen molar-refractivity contribution in [1.29, 1.82) is 0 Å². The SMILES string of the molecule is Cc1ccc(C(=O)NNC(=O)COc2ccc(C3SCCS3)cc2)cc1. The van der Waals surface area contributed by atoms with Crippen molar-refractivity contribution in [2.24, 2.45) is 0 Å². The van der Waals surface area contributed by atoms with Crippen LogP contribution < -0.4 is 15.6 Å². The van der Waals surface area contributed by atoms with Gasteiger partial charge in [0.05, 0.1) is 4.58 Å². The zero-order valence-electron chi connectivity index (χ0n) is 14.4. The normalized spacial score (nSPS) is 14.0. The van der Waals surface area contributed by atoms with Gasteiger partial charge in [-0.2, -0.15) is 0 Å². The Morgan fingerprint density at radius 3 is 2.31 bits per heavy atom. The smallest absolute Gasteiger partial charge is 0.276 e. The van der Waals surface area contributed by atoms with Crippen molar-refractivity contribution in [3.8, 4) is 5.75 Å². The Morgan fingerprint density at radius 2 is 1.65 bits per heavy atom. The number of carbonyl (C=O) groups is 2. The summed E-state index contributed by atoms with van der Waals surface area (Å²) in [5.74, 6) is 2.21. The number of carbonyl (C=O) groups excluding carboxylic acids is 2. The second-order valence-corrected chi connectivity index (χ2v) is 8.52. The lowest BCUT2D eigenvalue weighted by atomic mass is 10.1. The molecule has 1 aliphatic heterocycles. The average Bonchev–Trinajstić information content (AvgIpc) is 3.20. The third-order valence-electron chi connectivity index (χ3n) is 3.77. The lowest BCUT2D eigenvalue weighted by molar-refractivity contribution is -0.123. The maximum Gasteiger partial charge on any atom is 0.276 e. The fraction of sp³-hybridized carbons (Fsp3) is 0.263. The van der Waals surface area contributed by atoms with E-state index >= 15 is 0 Å². The van der Waals surface area contributed by atoms with Crippen LogP contribution in [0, 0.1) is 6.92 Å². The second kappa shape index (κ2) is 9.00. The van der Waals surface area contributed by atoms with Crippen LogP contribution in [-0.4, -0.2) is 29.9 Å². The molecule has 2 aromatic carbocycles. The number of hydrogen-bond acceptors (Lipinski definition) is 5. The van der Waals surface area contributed by atoms with Gasteiger partial charge in [0.15, 0.2) is 6.61 Å². The van der Waals surface area contributed by atoms with E-state index < -0.39 is 5.91 Å². The van der Waals surface area contributed by atoms with Crippen molar-refractivity contribution in [3.05, 3.63) is 65.2 Å². The van der Waals surface area contributed by atoms with E-state index in [2.05, 4.69) is 10.9 Å². The first-order valence-corrected chi connectivity index (χ1v) is 10.3. The van der Waals surface area contributed by atoms with E-state index in [4.69, 9.17) is 4.74 Å². The van der Waals surface area contributed by atoms with Gasteiger partial charge in [0.25, 0.3) is 11.8 Å². The first kappa shape index (κ1) is 18.7. The summed E-state index contributed by atoms with van der Waals surface area (Å²) in [5.41, 5.74) is 7.54. The number of hydrogen-bond donors (Lipinski definition) is 2. The third kappa shape index (κ3) is 5.19. The molecule has 7 heteroatoms. The van der Waals surface area contributed by atoms with E-state index in [1.54, 1.807) is 12.1 Å². The highest BCUT2D eigenvalue weighted by atomic mass is 32.2. The van der Waals surface area contributed by atoms with Crippen molar-refractivity contribution in [3.63, 3.8) is 0 Å². The summed E-state index contributed by atoms with van der Waals surface area (Å²) in [6, 6.07) is 14.9. The Balaban J connectivity index is 1.42. The predicted octanol–water partition coefficient (Wildman–Crippen LogP) is 3.31. The molecule has 2 aromatic rings. The van der Waals surface area contributed by atoms with Crippen LogP contribution in [0.5, 0.6) is 5.75 Å². The summed E-state index contributed by atoms with van der Waals surface area (Å²) in [6.07, 6.45) is 0. The maximum atomic E-state index is 11.9. The van der Waals surface area contributed by atoms with Crippen molar-refractivity contribution in [2.45, 2.75) is 11.5 Å². The topological polar surface area (TPSA) is 67.4 Å². The molecule has 0 radical (unpaired) electrons. The Labute approximate surface area is 161 Å². The Bertz CT molecular complexity index is 757. The van der Waals surface area contributed by atoms with Crippen LogP contribution in [0.2, 0.25) is 0 Å². The number of aryl methyl sites for hydroxylation is 1. The van der Waals surface area contributed by atoms with E-state index in [0.717, 1.165) is 5.56 Å². The van der Waals surface area contributed by atoms with Crippen LogP contribution in [0.4, 0.5) is 0 Å². The number of benzene rings is 2. The standard InChI is InChI=1S/C19H20N2O3S2/c1-13-2-4-14(5-3-13)18(23)21-20-17(22)12-24-16-8-6-15(7-9-16)19-25-10-11-26-19/h2-9,19H,10-12H2,1H3,(H,20,22)(H,21,23). The monoisotopic (exact) mass is 388 g/mol. The maximum absolute atomic E-state index is 11.9. The first-order valence-electron chi connectivity index (χ1n) is 8.23. The molecule has 0 spiro atoms. The van der Waals surface area contributed by atoms with E-state index in [-0.39, 0.29) is 12.5 Å². The van der Waals surface area contributed by atoms with Gasteiger partial charge in [-0.05, 0) is 36.8 Å². The number of hydrazine groups is 1. The van der Waals surface area contributed by atoms with Crippen molar-refractivity contribution >= 4 is 35.3 Å². The minimum atomic E-state index is -0.420. The van der Waals surface area contributed by atoms with Crippen LogP contribution in [0.3, 0.4) is 0 Å². The summed E-state index contributed by atoms with van der Waals surface area (Å²) in [7, 11) is 0. The molecule has 1 saturated heterocycles. The quantitative estimate of drug-likeness (QED) is 0.769. The summed E-state index contributed by atoms with van der Waals surface area (Å²) in [6.45, 7) is 1.78.